The van der Waals surface area contributed by atoms with Crippen molar-refractivity contribution in [1.29, 1.82) is 0 Å². The summed E-state index contributed by atoms with van der Waals surface area (Å²) < 4.78 is 0. The first-order chi connectivity index (χ1) is 9.86. The highest BCUT2D eigenvalue weighted by Gasteiger charge is 2.14. The molecule has 1 aliphatic carbocycles. The average Bonchev–Trinajstić information content (AvgIpc) is 2.73. The van der Waals surface area contributed by atoms with Crippen LogP contribution in [0.5, 0.6) is 0 Å². The molecule has 1 aliphatic rings. The molecular weight excluding hydrogens is 248 g/mol. The summed E-state index contributed by atoms with van der Waals surface area (Å²) in [6.45, 7) is 0.553. The molecule has 4 nitrogen and oxygen atoms in total. The lowest BCUT2D eigenvalue weighted by atomic mass is 10.1. The minimum Gasteiger partial charge on any atom is -0.340 e. The van der Waals surface area contributed by atoms with Crippen molar-refractivity contribution in [3.8, 4) is 0 Å². The largest absolute Gasteiger partial charge is 0.340 e. The van der Waals surface area contributed by atoms with E-state index in [2.05, 4.69) is 21.4 Å². The summed E-state index contributed by atoms with van der Waals surface area (Å²) in [6.07, 6.45) is 7.52. The molecule has 1 heterocycles. The van der Waals surface area contributed by atoms with Crippen LogP contribution in [0, 0.1) is 0 Å². The number of hydrogen-bond donors (Lipinski definition) is 2. The van der Waals surface area contributed by atoms with Gasteiger partial charge in [-0.2, -0.15) is 0 Å². The lowest BCUT2D eigenvalue weighted by molar-refractivity contribution is 0.709. The zero-order valence-corrected chi connectivity index (χ0v) is 11.6. The molecule has 2 aromatic rings. The van der Waals surface area contributed by atoms with E-state index in [1.165, 1.54) is 30.5 Å². The van der Waals surface area contributed by atoms with Crippen LogP contribution in [0.2, 0.25) is 0 Å². The fourth-order valence-electron chi connectivity index (χ4n) is 2.72. The zero-order valence-electron chi connectivity index (χ0n) is 11.6. The highest BCUT2D eigenvalue weighted by Crippen LogP contribution is 2.26. The Hall–Kier alpha value is -1.94. The molecule has 0 spiro atoms. The van der Waals surface area contributed by atoms with Gasteiger partial charge in [0.1, 0.15) is 12.1 Å². The number of aromatic nitrogens is 2. The van der Waals surface area contributed by atoms with Gasteiger partial charge in [0.05, 0.1) is 0 Å². The summed E-state index contributed by atoms with van der Waals surface area (Å²) in [5.41, 5.74) is 10.3. The van der Waals surface area contributed by atoms with Crippen molar-refractivity contribution in [2.24, 2.45) is 5.73 Å². The molecule has 3 rings (SSSR count). The smallest absolute Gasteiger partial charge is 0.137 e. The predicted octanol–water partition coefficient (Wildman–Crippen LogP) is 2.95. The second-order valence-electron chi connectivity index (χ2n) is 5.24. The third-order valence-electron chi connectivity index (χ3n) is 3.80. The maximum atomic E-state index is 5.69. The van der Waals surface area contributed by atoms with Crippen molar-refractivity contribution < 1.29 is 0 Å². The molecule has 1 aromatic carbocycles. The van der Waals surface area contributed by atoms with E-state index in [0.29, 0.717) is 6.54 Å². The fraction of sp³-hybridized carbons (Fsp3) is 0.375. The number of fused-ring (bicyclic) bond motifs is 1. The van der Waals surface area contributed by atoms with E-state index in [9.17, 15) is 0 Å². The van der Waals surface area contributed by atoms with Gasteiger partial charge >= 0.3 is 0 Å². The van der Waals surface area contributed by atoms with Crippen molar-refractivity contribution in [2.75, 3.05) is 5.32 Å². The van der Waals surface area contributed by atoms with Crippen molar-refractivity contribution in [1.82, 2.24) is 9.97 Å². The van der Waals surface area contributed by atoms with Crippen LogP contribution in [-0.2, 0) is 19.4 Å². The third kappa shape index (κ3) is 2.80. The Kier molecular flexibility index (Phi) is 3.92. The fourth-order valence-corrected chi connectivity index (χ4v) is 2.72. The van der Waals surface area contributed by atoms with E-state index in [1.54, 1.807) is 6.33 Å². The molecule has 0 atom stereocenters. The van der Waals surface area contributed by atoms with E-state index >= 15 is 0 Å². The van der Waals surface area contributed by atoms with Gasteiger partial charge in [-0.1, -0.05) is 18.6 Å². The van der Waals surface area contributed by atoms with Crippen LogP contribution < -0.4 is 11.1 Å². The van der Waals surface area contributed by atoms with E-state index < -0.39 is 0 Å². The Morgan fingerprint density at radius 2 is 2.00 bits per heavy atom. The van der Waals surface area contributed by atoms with Crippen molar-refractivity contribution in [2.45, 2.75) is 38.6 Å². The van der Waals surface area contributed by atoms with E-state index in [4.69, 9.17) is 5.73 Å². The van der Waals surface area contributed by atoms with Crippen LogP contribution in [0.3, 0.4) is 0 Å². The number of rotatable bonds is 3. The number of aryl methyl sites for hydroxylation is 1. The molecule has 0 bridgehead atoms. The topological polar surface area (TPSA) is 63.8 Å². The Morgan fingerprint density at radius 1 is 1.10 bits per heavy atom. The minimum absolute atomic E-state index is 0.553. The molecule has 4 heteroatoms. The van der Waals surface area contributed by atoms with Gasteiger partial charge in [-0.15, -0.1) is 0 Å². The second kappa shape index (κ2) is 6.01. The van der Waals surface area contributed by atoms with Gasteiger partial charge in [0.15, 0.2) is 0 Å². The summed E-state index contributed by atoms with van der Waals surface area (Å²) in [5, 5.41) is 3.43. The maximum absolute atomic E-state index is 5.69. The highest BCUT2D eigenvalue weighted by atomic mass is 15.0. The minimum atomic E-state index is 0.553. The molecule has 0 fully saturated rings. The first-order valence-corrected chi connectivity index (χ1v) is 7.25. The molecule has 20 heavy (non-hydrogen) atoms. The SMILES string of the molecule is NCc1cccc(Nc2ncnc3c2CCCCC3)c1. The standard InChI is InChI=1S/C16H20N4/c17-10-12-5-4-6-13(9-12)20-16-14-7-2-1-3-8-15(14)18-11-19-16/h4-6,9,11H,1-3,7-8,10,17H2,(H,18,19,20). The Balaban J connectivity index is 1.90. The second-order valence-corrected chi connectivity index (χ2v) is 5.24. The molecule has 0 saturated heterocycles. The lowest BCUT2D eigenvalue weighted by Crippen LogP contribution is -2.05. The summed E-state index contributed by atoms with van der Waals surface area (Å²) in [5.74, 6) is 0.950. The third-order valence-corrected chi connectivity index (χ3v) is 3.80. The molecule has 0 amide bonds. The zero-order chi connectivity index (χ0) is 13.8. The number of nitrogens with one attached hydrogen (secondary N) is 1. The number of hydrogen-bond acceptors (Lipinski definition) is 4. The van der Waals surface area contributed by atoms with Crippen LogP contribution in [0.25, 0.3) is 0 Å². The Morgan fingerprint density at radius 3 is 2.90 bits per heavy atom. The molecule has 0 saturated carbocycles. The number of anilines is 2. The van der Waals surface area contributed by atoms with Crippen molar-refractivity contribution in [3.05, 3.63) is 47.4 Å². The normalized spacial score (nSPS) is 14.4. The van der Waals surface area contributed by atoms with Gasteiger partial charge in [0.25, 0.3) is 0 Å². The molecule has 0 radical (unpaired) electrons. The molecule has 0 unspecified atom stereocenters. The monoisotopic (exact) mass is 268 g/mol. The molecular formula is C16H20N4. The Bertz CT molecular complexity index is 595. The van der Waals surface area contributed by atoms with E-state index in [0.717, 1.165) is 29.9 Å². The molecule has 0 aliphatic heterocycles. The highest BCUT2D eigenvalue weighted by molar-refractivity contribution is 5.60. The Labute approximate surface area is 119 Å². The van der Waals surface area contributed by atoms with E-state index in [-0.39, 0.29) is 0 Å². The average molecular weight is 268 g/mol. The first kappa shape index (κ1) is 13.1. The maximum Gasteiger partial charge on any atom is 0.137 e. The quantitative estimate of drug-likeness (QED) is 0.840. The molecule has 1 aromatic heterocycles. The number of nitrogens with two attached hydrogens (primary N) is 1. The van der Waals surface area contributed by atoms with Crippen LogP contribution in [-0.4, -0.2) is 9.97 Å². The lowest BCUT2D eigenvalue weighted by Gasteiger charge is -2.13. The van der Waals surface area contributed by atoms with E-state index in [1.807, 2.05) is 18.2 Å². The van der Waals surface area contributed by atoms with Crippen LogP contribution in [0.15, 0.2) is 30.6 Å². The van der Waals surface area contributed by atoms with Crippen LogP contribution >= 0.6 is 0 Å². The van der Waals surface area contributed by atoms with Crippen molar-refractivity contribution >= 4 is 11.5 Å². The van der Waals surface area contributed by atoms with Crippen LogP contribution in [0.1, 0.15) is 36.1 Å². The van der Waals surface area contributed by atoms with Gasteiger partial charge in [-0.05, 0) is 43.4 Å². The summed E-state index contributed by atoms with van der Waals surface area (Å²) in [4.78, 5) is 8.88. The molecule has 104 valence electrons. The van der Waals surface area contributed by atoms with Crippen LogP contribution in [0.4, 0.5) is 11.5 Å². The summed E-state index contributed by atoms with van der Waals surface area (Å²) in [7, 11) is 0. The summed E-state index contributed by atoms with van der Waals surface area (Å²) >= 11 is 0. The van der Waals surface area contributed by atoms with Crippen molar-refractivity contribution in [3.63, 3.8) is 0 Å². The van der Waals surface area contributed by atoms with Gasteiger partial charge < -0.3 is 11.1 Å². The van der Waals surface area contributed by atoms with Gasteiger partial charge in [0.2, 0.25) is 0 Å². The van der Waals surface area contributed by atoms with Gasteiger partial charge in [-0.3, -0.25) is 0 Å². The predicted molar refractivity (Wildman–Crippen MR) is 80.9 cm³/mol. The van der Waals surface area contributed by atoms with Gasteiger partial charge in [-0.25, -0.2) is 9.97 Å². The number of benzene rings is 1. The first-order valence-electron chi connectivity index (χ1n) is 7.25. The summed E-state index contributed by atoms with van der Waals surface area (Å²) in [6, 6.07) is 8.17. The van der Waals surface area contributed by atoms with Gasteiger partial charge in [0, 0.05) is 23.5 Å². The molecule has 3 N–H and O–H groups in total. The number of nitrogens with zero attached hydrogens (tertiary/aromatic N) is 2.